The molecule has 0 aliphatic carbocycles. The van der Waals surface area contributed by atoms with Crippen molar-refractivity contribution in [2.45, 2.75) is 0 Å². The van der Waals surface area contributed by atoms with Gasteiger partial charge in [0.1, 0.15) is 17.2 Å². The maximum atomic E-state index is 12.0. The first kappa shape index (κ1) is 88.0. The van der Waals surface area contributed by atoms with Crippen molar-refractivity contribution in [3.8, 4) is 377 Å². The van der Waals surface area contributed by atoms with Crippen LogP contribution in [0.1, 0.15) is 0 Å². The van der Waals surface area contributed by atoms with Crippen molar-refractivity contribution in [2.24, 2.45) is 0 Å². The first-order valence-corrected chi connectivity index (χ1v) is 36.2. The molecular weight excluding hydrogens is 1850 g/mol. The highest BCUT2D eigenvalue weighted by molar-refractivity contribution is 6.35. The Bertz CT molecular complexity index is 8310. The molecule has 2 aromatic heterocycles. The van der Waals surface area contributed by atoms with Crippen LogP contribution in [-0.2, 0) is 0 Å². The zero-order valence-corrected chi connectivity index (χ0v) is 65.1. The lowest BCUT2D eigenvalue weighted by Crippen LogP contribution is -1.97. The van der Waals surface area contributed by atoms with Crippen molar-refractivity contribution in [3.63, 3.8) is 0 Å². The Morgan fingerprint density at radius 2 is 0.154 bits per heavy atom. The van der Waals surface area contributed by atoms with E-state index in [0.717, 1.165) is 0 Å². The van der Waals surface area contributed by atoms with E-state index in [1.165, 1.54) is 0 Å². The number of hydrogen-bond acceptors (Lipinski definition) is 54. The number of fused-ring (bicyclic) bond motifs is 10. The molecule has 0 saturated carbocycles. The Labute approximate surface area is 735 Å². The summed E-state index contributed by atoms with van der Waals surface area (Å²) in [6, 6.07) is 0. The number of aromatic hydroxyl groups is 52. The molecule has 0 fully saturated rings. The largest absolute Gasteiger partial charge is 0.506 e. The summed E-state index contributed by atoms with van der Waals surface area (Å²) in [6.45, 7) is 0. The van der Waals surface area contributed by atoms with Crippen LogP contribution in [0.3, 0.4) is 0 Å². The Morgan fingerprint density at radius 1 is 0.0662 bits per heavy atom. The van der Waals surface area contributed by atoms with Crippen LogP contribution in [0.2, 0.25) is 0 Å². The second-order valence-corrected chi connectivity index (χ2v) is 29.4. The Balaban J connectivity index is 0.000000199. The fraction of sp³-hybridized carbons (Fsp3) is 0. The fourth-order valence-electron chi connectivity index (χ4n) is 16.3. The molecule has 15 aromatic carbocycles. The maximum Gasteiger partial charge on any atom is 0.208 e. The van der Waals surface area contributed by atoms with Gasteiger partial charge in [-0.1, -0.05) is 0 Å². The molecule has 0 unspecified atom stereocenters. The van der Waals surface area contributed by atoms with Crippen LogP contribution in [0.5, 0.6) is 299 Å². The fourth-order valence-corrected chi connectivity index (χ4v) is 16.3. The van der Waals surface area contributed by atoms with Crippen molar-refractivity contribution >= 4 is 87.0 Å². The predicted octanol–water partition coefficient (Wildman–Crippen LogP) is 8.14. The molecule has 17 aromatic rings. The highest BCUT2D eigenvalue weighted by Gasteiger charge is 2.46. The van der Waals surface area contributed by atoms with Crippen LogP contribution in [0.15, 0.2) is 8.83 Å². The van der Waals surface area contributed by atoms with Crippen molar-refractivity contribution in [1.29, 1.82) is 0 Å². The highest BCUT2D eigenvalue weighted by Crippen LogP contribution is 2.75. The summed E-state index contributed by atoms with van der Waals surface area (Å²) in [5.41, 5.74) is -25.0. The van der Waals surface area contributed by atoms with E-state index in [4.69, 9.17) is 8.83 Å². The van der Waals surface area contributed by atoms with Crippen LogP contribution in [0, 0.1) is 0 Å². The third-order valence-electron chi connectivity index (χ3n) is 22.6. The van der Waals surface area contributed by atoms with E-state index >= 15 is 0 Å². The summed E-state index contributed by atoms with van der Waals surface area (Å²) in [7, 11) is 0. The van der Waals surface area contributed by atoms with Gasteiger partial charge in [0.15, 0.2) is 172 Å². The normalized spacial score (nSPS) is 11.7. The van der Waals surface area contributed by atoms with Gasteiger partial charge in [-0.2, -0.15) is 0 Å². The minimum atomic E-state index is -1.95. The monoisotopic (exact) mass is 1900 g/mol. The molecule has 0 spiro atoms. The quantitative estimate of drug-likeness (QED) is 0.0406. The first-order chi connectivity index (χ1) is 63.3. The molecule has 0 aliphatic heterocycles. The van der Waals surface area contributed by atoms with Crippen molar-refractivity contribution in [3.05, 3.63) is 0 Å². The molecule has 136 heavy (non-hydrogen) atoms. The minimum Gasteiger partial charge on any atom is -0.506 e. The lowest BCUT2D eigenvalue weighted by atomic mass is 9.81. The van der Waals surface area contributed by atoms with Gasteiger partial charge in [0.05, 0.1) is 77.2 Å². The molecule has 0 saturated heterocycles. The van der Waals surface area contributed by atoms with Gasteiger partial charge >= 0.3 is 0 Å². The van der Waals surface area contributed by atoms with Gasteiger partial charge in [-0.3, -0.25) is 0 Å². The second-order valence-electron chi connectivity index (χ2n) is 29.4. The molecule has 0 amide bonds. The molecule has 54 nitrogen and oxygen atoms in total. The van der Waals surface area contributed by atoms with Crippen LogP contribution in [0.4, 0.5) is 0 Å². The van der Waals surface area contributed by atoms with Crippen LogP contribution < -0.4 is 0 Å². The van der Waals surface area contributed by atoms with Crippen LogP contribution in [0.25, 0.3) is 165 Å². The summed E-state index contributed by atoms with van der Waals surface area (Å²) >= 11 is 0. The maximum absolute atomic E-state index is 12.0. The van der Waals surface area contributed by atoms with Gasteiger partial charge in [-0.25, -0.2) is 0 Å². The van der Waals surface area contributed by atoms with Gasteiger partial charge in [-0.15, -0.1) is 0 Å². The summed E-state index contributed by atoms with van der Waals surface area (Å²) in [6.07, 6.45) is 0. The average molecular weight is 1900 g/mol. The highest BCUT2D eigenvalue weighted by atomic mass is 16.4. The van der Waals surface area contributed by atoms with E-state index in [-0.39, 0.29) is 0 Å². The van der Waals surface area contributed by atoms with Gasteiger partial charge in [0.2, 0.25) is 132 Å². The Kier molecular flexibility index (Phi) is 18.1. The molecule has 17 rings (SSSR count). The molecule has 0 radical (unpaired) electrons. The standard InChI is InChI=1S/C44H28O29.C38H24O25/c45-15-7(30(60)41(71)43-13(15)14-31(61)38(68)40(70)42(72)44(14)73-43)1-3-5(18(48)34(64)32(62)16(3)46)2(6-4(1)17(47)33(63)35(65)19(6)49)8-20(50)22(52)9(23(53)21(8)51)10-24(54)26(56)11(27(57)25(10)55)12-28(58)36(66)39(69)37(67)29(12)59;39-13-7(19(45)25(51)20(46)9(13)10-21(47)30(56)33(59)31(57)22(10)48)1-3-5(17(43)28(54)26(52)15(3)41)2(6-4(1)16(42)27(53)29(55)18(6)44)8-14(40)11-12-24(50)32(58)34(60)36(62)38(12)63-37(11)35(61)23(8)49/h45-72H;39-62H. The lowest BCUT2D eigenvalue weighted by Gasteiger charge is -2.25. The summed E-state index contributed by atoms with van der Waals surface area (Å²) in [5, 5.41) is 558. The van der Waals surface area contributed by atoms with Gasteiger partial charge < -0.3 is 274 Å². The zero-order valence-electron chi connectivity index (χ0n) is 65.1. The summed E-state index contributed by atoms with van der Waals surface area (Å²) in [4.78, 5) is 0. The van der Waals surface area contributed by atoms with Crippen LogP contribution >= 0.6 is 0 Å². The minimum absolute atomic E-state index is 0.961. The molecule has 0 bridgehead atoms. The van der Waals surface area contributed by atoms with Gasteiger partial charge in [0.25, 0.3) is 0 Å². The molecule has 704 valence electrons. The number of phenolic OH excluding ortho intramolecular Hbond substituents is 52. The first-order valence-electron chi connectivity index (χ1n) is 36.2. The smallest absolute Gasteiger partial charge is 0.208 e. The molecule has 54 heteroatoms. The van der Waals surface area contributed by atoms with E-state index in [2.05, 4.69) is 0 Å². The van der Waals surface area contributed by atoms with E-state index in [1.54, 1.807) is 0 Å². The summed E-state index contributed by atoms with van der Waals surface area (Å²) < 4.78 is 10.5. The molecule has 52 N–H and O–H groups in total. The third kappa shape index (κ3) is 10.4. The zero-order chi connectivity index (χ0) is 101. The molecule has 0 aliphatic rings. The lowest BCUT2D eigenvalue weighted by molar-refractivity contribution is 0.329. The number of hydrogen-bond donors (Lipinski definition) is 52. The third-order valence-corrected chi connectivity index (χ3v) is 22.6. The molecule has 2 heterocycles. The van der Waals surface area contributed by atoms with Crippen molar-refractivity contribution in [1.82, 2.24) is 0 Å². The van der Waals surface area contributed by atoms with Crippen LogP contribution in [-0.4, -0.2) is 266 Å². The Morgan fingerprint density at radius 3 is 0.338 bits per heavy atom. The predicted molar refractivity (Wildman–Crippen MR) is 442 cm³/mol. The molecule has 0 atom stereocenters. The average Bonchev–Trinajstić information content (AvgIpc) is 0.833. The van der Waals surface area contributed by atoms with Gasteiger partial charge in [0, 0.05) is 65.3 Å². The topological polar surface area (TPSA) is 1080 Å². The SMILES string of the molecule is Oc1c(O)c(O)c(-c2c(O)c(O)c(-c3c(O)c(O)c(-c4c5c(O)c(O)c(O)c(O)c5c(-c5c(O)c(O)c6oc7c(O)c(O)c(O)c(O)c7c6c5O)c5c(O)c(O)c(O)c(O)c45)c(O)c3O)c(O)c2O)c(O)c1O.Oc1c(O)c(O)c(-c2c(O)c(O)c(O)c(-c3c4c(O)c(O)c(O)c(O)c4c(-c4c(O)c(O)c5oc6c(O)c(O)c(O)c(O)c6c5c4O)c4c(O)c(O)c(O)c(O)c34)c2O)c(O)c1O. The number of benzene rings is 15. The van der Waals surface area contributed by atoms with E-state index < -0.39 is 464 Å². The Hall–Kier alpha value is -21.5. The number of furan rings is 2. The second kappa shape index (κ2) is 28.0. The number of rotatable bonds is 7. The van der Waals surface area contributed by atoms with Crippen molar-refractivity contribution in [2.75, 3.05) is 0 Å². The van der Waals surface area contributed by atoms with E-state index in [1.807, 2.05) is 0 Å². The van der Waals surface area contributed by atoms with Gasteiger partial charge in [-0.05, 0) is 0 Å². The number of phenols is 52. The van der Waals surface area contributed by atoms with E-state index in [9.17, 15) is 266 Å². The van der Waals surface area contributed by atoms with Crippen molar-refractivity contribution < 1.29 is 274 Å². The van der Waals surface area contributed by atoms with E-state index in [0.29, 0.717) is 0 Å². The summed E-state index contributed by atoms with van der Waals surface area (Å²) in [5.74, 6) is -87.5. The molecular formula is C82H52O54.